The highest BCUT2D eigenvalue weighted by atomic mass is 15.2. The molecule has 0 aromatic carbocycles. The molecule has 0 aromatic rings. The predicted octanol–water partition coefficient (Wildman–Crippen LogP) is 3.09. The van der Waals surface area contributed by atoms with Crippen molar-refractivity contribution in [1.29, 1.82) is 5.26 Å². The fourth-order valence-corrected chi connectivity index (χ4v) is 3.33. The lowest BCUT2D eigenvalue weighted by Gasteiger charge is -2.47. The van der Waals surface area contributed by atoms with E-state index in [4.69, 9.17) is 5.26 Å². The van der Waals surface area contributed by atoms with E-state index >= 15 is 0 Å². The number of nitrogens with zero attached hydrogens (tertiary/aromatic N) is 2. The lowest BCUT2D eigenvalue weighted by Crippen LogP contribution is -2.51. The van der Waals surface area contributed by atoms with Crippen LogP contribution in [0.3, 0.4) is 0 Å². The van der Waals surface area contributed by atoms with Gasteiger partial charge in [-0.3, -0.25) is 4.90 Å². The highest BCUT2D eigenvalue weighted by molar-refractivity contribution is 4.99. The van der Waals surface area contributed by atoms with E-state index in [1.807, 2.05) is 0 Å². The average molecular weight is 206 g/mol. The van der Waals surface area contributed by atoms with Crippen molar-refractivity contribution in [2.24, 2.45) is 0 Å². The van der Waals surface area contributed by atoms with Crippen molar-refractivity contribution in [3.63, 3.8) is 0 Å². The van der Waals surface area contributed by atoms with Crippen LogP contribution < -0.4 is 0 Å². The van der Waals surface area contributed by atoms with Crippen molar-refractivity contribution in [2.75, 3.05) is 13.1 Å². The lowest BCUT2D eigenvalue weighted by atomic mass is 9.77. The summed E-state index contributed by atoms with van der Waals surface area (Å²) >= 11 is 0. The maximum Gasteiger partial charge on any atom is 0.0641 e. The van der Waals surface area contributed by atoms with Gasteiger partial charge >= 0.3 is 0 Å². The Morgan fingerprint density at radius 2 is 1.53 bits per heavy atom. The molecule has 1 aliphatic carbocycles. The van der Waals surface area contributed by atoms with Gasteiger partial charge in [0.1, 0.15) is 0 Å². The second-order valence-corrected chi connectivity index (χ2v) is 5.17. The smallest absolute Gasteiger partial charge is 0.0641 e. The first kappa shape index (κ1) is 11.0. The van der Waals surface area contributed by atoms with Crippen molar-refractivity contribution in [3.8, 4) is 6.07 Å². The molecule has 1 aliphatic heterocycles. The molecule has 0 atom stereocenters. The third-order valence-corrected chi connectivity index (χ3v) is 4.22. The zero-order chi connectivity index (χ0) is 10.6. The minimum absolute atomic E-state index is 0.271. The Kier molecular flexibility index (Phi) is 3.64. The standard InChI is InChI=1S/C13H22N2/c14-10-9-13(7-3-1-4-8-13)15-11-5-2-6-12-15/h1-9,11-12H2. The first-order valence-corrected chi connectivity index (χ1v) is 6.49. The second kappa shape index (κ2) is 4.99. The van der Waals surface area contributed by atoms with E-state index in [0.29, 0.717) is 0 Å². The van der Waals surface area contributed by atoms with E-state index in [1.54, 1.807) is 0 Å². The number of nitriles is 1. The van der Waals surface area contributed by atoms with E-state index in [-0.39, 0.29) is 5.54 Å². The zero-order valence-electron chi connectivity index (χ0n) is 9.67. The van der Waals surface area contributed by atoms with Crippen LogP contribution >= 0.6 is 0 Å². The van der Waals surface area contributed by atoms with Gasteiger partial charge in [-0.05, 0) is 38.8 Å². The van der Waals surface area contributed by atoms with Gasteiger partial charge in [0.15, 0.2) is 0 Å². The van der Waals surface area contributed by atoms with Gasteiger partial charge in [0.25, 0.3) is 0 Å². The Labute approximate surface area is 93.3 Å². The van der Waals surface area contributed by atoms with Gasteiger partial charge in [-0.25, -0.2) is 0 Å². The number of rotatable bonds is 2. The van der Waals surface area contributed by atoms with Crippen molar-refractivity contribution in [1.82, 2.24) is 4.90 Å². The SMILES string of the molecule is N#CCC1(N2CCCCC2)CCCCC1. The fraction of sp³-hybridized carbons (Fsp3) is 0.923. The van der Waals surface area contributed by atoms with Crippen LogP contribution in [0.1, 0.15) is 57.8 Å². The Balaban J connectivity index is 2.05. The van der Waals surface area contributed by atoms with Gasteiger partial charge in [-0.2, -0.15) is 5.26 Å². The van der Waals surface area contributed by atoms with E-state index in [1.165, 1.54) is 64.5 Å². The minimum Gasteiger partial charge on any atom is -0.297 e. The van der Waals surface area contributed by atoms with E-state index in [2.05, 4.69) is 11.0 Å². The third-order valence-electron chi connectivity index (χ3n) is 4.22. The number of hydrogen-bond donors (Lipinski definition) is 0. The Morgan fingerprint density at radius 3 is 2.13 bits per heavy atom. The van der Waals surface area contributed by atoms with Crippen molar-refractivity contribution in [2.45, 2.75) is 63.3 Å². The van der Waals surface area contributed by atoms with E-state index < -0.39 is 0 Å². The summed E-state index contributed by atoms with van der Waals surface area (Å²) in [4.78, 5) is 2.64. The molecule has 2 aliphatic rings. The van der Waals surface area contributed by atoms with Crippen molar-refractivity contribution in [3.05, 3.63) is 0 Å². The monoisotopic (exact) mass is 206 g/mol. The normalized spacial score (nSPS) is 27.1. The summed E-state index contributed by atoms with van der Waals surface area (Å²) in [5.74, 6) is 0. The summed E-state index contributed by atoms with van der Waals surface area (Å²) in [6.45, 7) is 2.48. The number of likely N-dealkylation sites (tertiary alicyclic amines) is 1. The largest absolute Gasteiger partial charge is 0.297 e. The van der Waals surface area contributed by atoms with Gasteiger partial charge in [-0.15, -0.1) is 0 Å². The third kappa shape index (κ3) is 2.34. The van der Waals surface area contributed by atoms with Crippen molar-refractivity contribution >= 4 is 0 Å². The summed E-state index contributed by atoms with van der Waals surface area (Å²) < 4.78 is 0. The van der Waals surface area contributed by atoms with E-state index in [0.717, 1.165) is 6.42 Å². The molecule has 2 fully saturated rings. The van der Waals surface area contributed by atoms with Gasteiger partial charge < -0.3 is 0 Å². The molecular formula is C13H22N2. The summed E-state index contributed by atoms with van der Waals surface area (Å²) in [6, 6.07) is 2.43. The van der Waals surface area contributed by atoms with Crippen LogP contribution in [0.4, 0.5) is 0 Å². The summed E-state index contributed by atoms with van der Waals surface area (Å²) in [5, 5.41) is 9.04. The summed E-state index contributed by atoms with van der Waals surface area (Å²) in [7, 11) is 0. The molecule has 1 saturated heterocycles. The maximum absolute atomic E-state index is 9.04. The van der Waals surface area contributed by atoms with Crippen LogP contribution in [0.15, 0.2) is 0 Å². The molecule has 2 nitrogen and oxygen atoms in total. The Hall–Kier alpha value is -0.550. The molecule has 0 N–H and O–H groups in total. The van der Waals surface area contributed by atoms with Crippen LogP contribution in [0.25, 0.3) is 0 Å². The molecule has 84 valence electrons. The molecule has 0 bridgehead atoms. The van der Waals surface area contributed by atoms with Crippen molar-refractivity contribution < 1.29 is 0 Å². The topological polar surface area (TPSA) is 27.0 Å². The number of piperidine rings is 1. The second-order valence-electron chi connectivity index (χ2n) is 5.17. The van der Waals surface area contributed by atoms with E-state index in [9.17, 15) is 0 Å². The molecule has 0 radical (unpaired) electrons. The average Bonchev–Trinajstić information content (AvgIpc) is 2.32. The molecule has 0 spiro atoms. The highest BCUT2D eigenvalue weighted by Gasteiger charge is 2.37. The summed E-state index contributed by atoms with van der Waals surface area (Å²) in [6.07, 6.45) is 11.4. The van der Waals surface area contributed by atoms with Gasteiger partial charge in [0, 0.05) is 5.54 Å². The van der Waals surface area contributed by atoms with Gasteiger partial charge in [0.05, 0.1) is 12.5 Å². The van der Waals surface area contributed by atoms with Gasteiger partial charge in [-0.1, -0.05) is 25.7 Å². The van der Waals surface area contributed by atoms with Crippen LogP contribution in [-0.4, -0.2) is 23.5 Å². The Morgan fingerprint density at radius 1 is 0.933 bits per heavy atom. The molecule has 2 heteroatoms. The maximum atomic E-state index is 9.04. The molecule has 2 rings (SSSR count). The predicted molar refractivity (Wildman–Crippen MR) is 61.5 cm³/mol. The molecular weight excluding hydrogens is 184 g/mol. The minimum atomic E-state index is 0.271. The fourth-order valence-electron chi connectivity index (χ4n) is 3.33. The molecule has 0 amide bonds. The van der Waals surface area contributed by atoms with Crippen LogP contribution in [-0.2, 0) is 0 Å². The first-order chi connectivity index (χ1) is 7.37. The van der Waals surface area contributed by atoms with Crippen LogP contribution in [0, 0.1) is 11.3 Å². The van der Waals surface area contributed by atoms with Crippen LogP contribution in [0.2, 0.25) is 0 Å². The molecule has 0 aromatic heterocycles. The Bertz CT molecular complexity index is 229. The van der Waals surface area contributed by atoms with Gasteiger partial charge in [0.2, 0.25) is 0 Å². The molecule has 1 heterocycles. The highest BCUT2D eigenvalue weighted by Crippen LogP contribution is 2.37. The molecule has 15 heavy (non-hydrogen) atoms. The summed E-state index contributed by atoms with van der Waals surface area (Å²) in [5.41, 5.74) is 0.271. The first-order valence-electron chi connectivity index (χ1n) is 6.49. The number of hydrogen-bond acceptors (Lipinski definition) is 2. The molecule has 1 saturated carbocycles. The quantitative estimate of drug-likeness (QED) is 0.694. The zero-order valence-corrected chi connectivity index (χ0v) is 9.67. The van der Waals surface area contributed by atoms with Crippen LogP contribution in [0.5, 0.6) is 0 Å². The lowest BCUT2D eigenvalue weighted by molar-refractivity contribution is 0.0370. The molecule has 0 unspecified atom stereocenters.